The lowest BCUT2D eigenvalue weighted by molar-refractivity contribution is -0.0161. The molecule has 1 saturated heterocycles. The average molecular weight is 527 g/mol. The number of aliphatic imine (C=N–C) groups is 1. The van der Waals surface area contributed by atoms with Gasteiger partial charge in [0.25, 0.3) is 0 Å². The van der Waals surface area contributed by atoms with Crippen LogP contribution >= 0.6 is 24.0 Å². The summed E-state index contributed by atoms with van der Waals surface area (Å²) < 4.78 is 11.2. The molecule has 0 saturated carbocycles. The predicted molar refractivity (Wildman–Crippen MR) is 129 cm³/mol. The molecule has 8 nitrogen and oxygen atoms in total. The number of ether oxygens (including phenoxy) is 2. The topological polar surface area (TPSA) is 87.2 Å². The Kier molecular flexibility index (Phi) is 13.1. The summed E-state index contributed by atoms with van der Waals surface area (Å²) in [6.07, 6.45) is 1.28. The van der Waals surface area contributed by atoms with E-state index in [-0.39, 0.29) is 30.1 Å². The lowest BCUT2D eigenvalue weighted by Gasteiger charge is -2.33. The molecule has 0 aromatic rings. The lowest BCUT2D eigenvalue weighted by Crippen LogP contribution is -2.52. The number of nitrogens with zero attached hydrogens (tertiary/aromatic N) is 2. The maximum Gasteiger partial charge on any atom is 0.408 e. The summed E-state index contributed by atoms with van der Waals surface area (Å²) >= 11 is 0. The average Bonchev–Trinajstić information content (AvgIpc) is 2.61. The maximum absolute atomic E-state index is 12.3. The molecule has 1 rings (SSSR count). The van der Waals surface area contributed by atoms with Crippen molar-refractivity contribution in [2.45, 2.75) is 71.6 Å². The zero-order valence-corrected chi connectivity index (χ0v) is 21.6. The van der Waals surface area contributed by atoms with Crippen LogP contribution in [0.1, 0.15) is 54.4 Å². The van der Waals surface area contributed by atoms with Crippen molar-refractivity contribution in [3.63, 3.8) is 0 Å². The van der Waals surface area contributed by atoms with Gasteiger partial charge in [0, 0.05) is 26.2 Å². The summed E-state index contributed by atoms with van der Waals surface area (Å²) in [5, 5.41) is 9.68. The monoisotopic (exact) mass is 527 g/mol. The fraction of sp³-hybridized carbons (Fsp3) is 0.900. The summed E-state index contributed by atoms with van der Waals surface area (Å²) in [6, 6.07) is 0. The van der Waals surface area contributed by atoms with Crippen molar-refractivity contribution in [3.8, 4) is 0 Å². The molecule has 3 N–H and O–H groups in total. The molecule has 1 heterocycles. The van der Waals surface area contributed by atoms with Crippen LogP contribution in [0.3, 0.4) is 0 Å². The molecular weight excluding hydrogens is 485 g/mol. The van der Waals surface area contributed by atoms with Crippen LogP contribution in [0.2, 0.25) is 0 Å². The molecular formula is C20H42IN5O3. The molecule has 0 bridgehead atoms. The molecule has 1 atom stereocenters. The first-order chi connectivity index (χ1) is 13.1. The normalized spacial score (nSPS) is 18.6. The Morgan fingerprint density at radius 3 is 2.38 bits per heavy atom. The quantitative estimate of drug-likeness (QED) is 0.256. The Labute approximate surface area is 194 Å². The molecule has 0 radical (unpaired) electrons. The van der Waals surface area contributed by atoms with Gasteiger partial charge in [-0.3, -0.25) is 4.99 Å². The standard InChI is InChI=1S/C20H41N5O3.HI/c1-8-20(9-2,24-18(26)28-19(4,5)6)15-23-17(21-10-3)22-13-16-14-25(7)11-12-27-16;/h16H,8-15H2,1-7H3,(H,24,26)(H2,21,22,23);1H. The highest BCUT2D eigenvalue weighted by Crippen LogP contribution is 2.17. The number of carbonyl (C=O) groups is 1. The molecule has 1 amide bonds. The van der Waals surface area contributed by atoms with Crippen LogP contribution in [-0.4, -0.2) is 80.6 Å². The van der Waals surface area contributed by atoms with E-state index in [0.717, 1.165) is 45.0 Å². The molecule has 0 aromatic carbocycles. The van der Waals surface area contributed by atoms with Crippen LogP contribution in [0.25, 0.3) is 0 Å². The number of hydrogen-bond donors (Lipinski definition) is 3. The SMILES string of the molecule is CCNC(=NCC(CC)(CC)NC(=O)OC(C)(C)C)NCC1CN(C)CCO1.I. The molecule has 1 unspecified atom stereocenters. The van der Waals surface area contributed by atoms with Crippen LogP contribution in [0.15, 0.2) is 4.99 Å². The number of morpholine rings is 1. The number of carbonyl (C=O) groups excluding carboxylic acids is 1. The third kappa shape index (κ3) is 11.2. The second kappa shape index (κ2) is 13.5. The number of guanidine groups is 1. The summed E-state index contributed by atoms with van der Waals surface area (Å²) in [4.78, 5) is 19.3. The molecule has 172 valence electrons. The zero-order valence-electron chi connectivity index (χ0n) is 19.3. The number of alkyl carbamates (subject to hydrolysis) is 1. The van der Waals surface area contributed by atoms with Crippen molar-refractivity contribution in [1.29, 1.82) is 0 Å². The predicted octanol–water partition coefficient (Wildman–Crippen LogP) is 2.57. The van der Waals surface area contributed by atoms with Crippen molar-refractivity contribution < 1.29 is 14.3 Å². The van der Waals surface area contributed by atoms with Crippen LogP contribution in [0, 0.1) is 0 Å². The van der Waals surface area contributed by atoms with E-state index in [1.807, 2.05) is 27.7 Å². The minimum Gasteiger partial charge on any atom is -0.444 e. The molecule has 0 spiro atoms. The Balaban J connectivity index is 0.00000784. The van der Waals surface area contributed by atoms with Gasteiger partial charge in [-0.25, -0.2) is 4.79 Å². The van der Waals surface area contributed by atoms with E-state index in [1.165, 1.54) is 0 Å². The number of halogens is 1. The van der Waals surface area contributed by atoms with E-state index < -0.39 is 17.2 Å². The minimum atomic E-state index is -0.524. The molecule has 1 aliphatic heterocycles. The minimum absolute atomic E-state index is 0. The lowest BCUT2D eigenvalue weighted by atomic mass is 9.93. The number of rotatable bonds is 8. The molecule has 1 fully saturated rings. The van der Waals surface area contributed by atoms with Gasteiger partial charge >= 0.3 is 6.09 Å². The van der Waals surface area contributed by atoms with Crippen LogP contribution in [0.4, 0.5) is 4.79 Å². The van der Waals surface area contributed by atoms with Crippen LogP contribution in [-0.2, 0) is 9.47 Å². The van der Waals surface area contributed by atoms with E-state index in [2.05, 4.69) is 41.7 Å². The first kappa shape index (κ1) is 28.2. The zero-order chi connectivity index (χ0) is 21.2. The van der Waals surface area contributed by atoms with E-state index in [1.54, 1.807) is 0 Å². The molecule has 0 aliphatic carbocycles. The van der Waals surface area contributed by atoms with Crippen molar-refractivity contribution in [2.75, 3.05) is 46.4 Å². The first-order valence-electron chi connectivity index (χ1n) is 10.5. The van der Waals surface area contributed by atoms with Crippen LogP contribution < -0.4 is 16.0 Å². The second-order valence-electron chi connectivity index (χ2n) is 8.45. The van der Waals surface area contributed by atoms with Crippen molar-refractivity contribution in [1.82, 2.24) is 20.9 Å². The van der Waals surface area contributed by atoms with E-state index in [9.17, 15) is 4.79 Å². The van der Waals surface area contributed by atoms with Gasteiger partial charge in [-0.1, -0.05) is 13.8 Å². The largest absolute Gasteiger partial charge is 0.444 e. The van der Waals surface area contributed by atoms with Crippen molar-refractivity contribution in [2.24, 2.45) is 4.99 Å². The molecule has 29 heavy (non-hydrogen) atoms. The molecule has 1 aliphatic rings. The van der Waals surface area contributed by atoms with Crippen molar-refractivity contribution in [3.05, 3.63) is 0 Å². The fourth-order valence-electron chi connectivity index (χ4n) is 2.98. The Hall–Kier alpha value is -0.810. The van der Waals surface area contributed by atoms with Gasteiger partial charge in [0.05, 0.1) is 24.8 Å². The summed E-state index contributed by atoms with van der Waals surface area (Å²) in [5.74, 6) is 0.733. The van der Waals surface area contributed by atoms with E-state index >= 15 is 0 Å². The van der Waals surface area contributed by atoms with Gasteiger partial charge in [0.15, 0.2) is 5.96 Å². The maximum atomic E-state index is 12.3. The summed E-state index contributed by atoms with van der Waals surface area (Å²) in [6.45, 7) is 16.3. The number of hydrogen-bond acceptors (Lipinski definition) is 5. The van der Waals surface area contributed by atoms with Crippen molar-refractivity contribution >= 4 is 36.0 Å². The van der Waals surface area contributed by atoms with Crippen LogP contribution in [0.5, 0.6) is 0 Å². The highest BCUT2D eigenvalue weighted by molar-refractivity contribution is 14.0. The second-order valence-corrected chi connectivity index (χ2v) is 8.45. The highest BCUT2D eigenvalue weighted by Gasteiger charge is 2.30. The van der Waals surface area contributed by atoms with Gasteiger partial charge in [0.1, 0.15) is 5.60 Å². The van der Waals surface area contributed by atoms with Gasteiger partial charge in [-0.05, 0) is 47.6 Å². The summed E-state index contributed by atoms with van der Waals surface area (Å²) in [5.41, 5.74) is -0.962. The molecule has 9 heteroatoms. The Morgan fingerprint density at radius 2 is 1.86 bits per heavy atom. The summed E-state index contributed by atoms with van der Waals surface area (Å²) in [7, 11) is 2.11. The van der Waals surface area contributed by atoms with E-state index in [0.29, 0.717) is 13.1 Å². The number of amides is 1. The number of nitrogens with one attached hydrogen (secondary N) is 3. The first-order valence-corrected chi connectivity index (χ1v) is 10.5. The molecule has 0 aromatic heterocycles. The van der Waals surface area contributed by atoms with Gasteiger partial charge in [-0.2, -0.15) is 0 Å². The Morgan fingerprint density at radius 1 is 1.21 bits per heavy atom. The number of likely N-dealkylation sites (N-methyl/N-ethyl adjacent to an activating group) is 1. The Bertz CT molecular complexity index is 507. The van der Waals surface area contributed by atoms with Gasteiger partial charge < -0.3 is 30.3 Å². The van der Waals surface area contributed by atoms with Gasteiger partial charge in [-0.15, -0.1) is 24.0 Å². The van der Waals surface area contributed by atoms with Gasteiger partial charge in [0.2, 0.25) is 0 Å². The van der Waals surface area contributed by atoms with E-state index in [4.69, 9.17) is 14.5 Å². The highest BCUT2D eigenvalue weighted by atomic mass is 127. The third-order valence-corrected chi connectivity index (χ3v) is 4.84. The smallest absolute Gasteiger partial charge is 0.408 e. The third-order valence-electron chi connectivity index (χ3n) is 4.84. The fourth-order valence-corrected chi connectivity index (χ4v) is 2.98.